The smallest absolute Gasteiger partial charge is 0.225 e. The molecular formula is C18H21NOS. The second kappa shape index (κ2) is 9.24. The van der Waals surface area contributed by atoms with Crippen LogP contribution in [0.1, 0.15) is 18.4 Å². The van der Waals surface area contributed by atoms with Gasteiger partial charge < -0.3 is 5.32 Å². The predicted octanol–water partition coefficient (Wildman–Crippen LogP) is 4.38. The lowest BCUT2D eigenvalue weighted by Gasteiger charge is -2.05. The van der Waals surface area contributed by atoms with Gasteiger partial charge in [-0.3, -0.25) is 4.79 Å². The fraction of sp³-hybridized carbons (Fsp3) is 0.278. The number of carbonyl (C=O) groups excluding carboxylic acids is 1. The Labute approximate surface area is 131 Å². The molecule has 0 spiro atoms. The minimum absolute atomic E-state index is 0.0942. The maximum Gasteiger partial charge on any atom is 0.225 e. The highest BCUT2D eigenvalue weighted by Crippen LogP contribution is 2.10. The summed E-state index contributed by atoms with van der Waals surface area (Å²) < 4.78 is 0. The first-order valence-corrected chi connectivity index (χ1v) is 8.46. The van der Waals surface area contributed by atoms with Crippen LogP contribution in [0.2, 0.25) is 0 Å². The van der Waals surface area contributed by atoms with Gasteiger partial charge in [-0.2, -0.15) is 11.8 Å². The molecule has 0 unspecified atom stereocenters. The van der Waals surface area contributed by atoms with Gasteiger partial charge in [0.1, 0.15) is 0 Å². The fourth-order valence-corrected chi connectivity index (χ4v) is 2.92. The maximum atomic E-state index is 11.7. The molecular weight excluding hydrogens is 278 g/mol. The SMILES string of the molecule is O=C(CCSCCCc1ccccc1)Nc1ccccc1. The molecule has 0 saturated heterocycles. The highest BCUT2D eigenvalue weighted by Gasteiger charge is 2.01. The Hall–Kier alpha value is -1.74. The van der Waals surface area contributed by atoms with E-state index >= 15 is 0 Å². The summed E-state index contributed by atoms with van der Waals surface area (Å²) in [5.74, 6) is 2.08. The van der Waals surface area contributed by atoms with E-state index in [1.54, 1.807) is 0 Å². The van der Waals surface area contributed by atoms with E-state index < -0.39 is 0 Å². The van der Waals surface area contributed by atoms with Gasteiger partial charge in [0.2, 0.25) is 5.91 Å². The van der Waals surface area contributed by atoms with Crippen molar-refractivity contribution in [2.24, 2.45) is 0 Å². The number of nitrogens with one attached hydrogen (secondary N) is 1. The first-order chi connectivity index (χ1) is 10.3. The van der Waals surface area contributed by atoms with Gasteiger partial charge in [0, 0.05) is 17.9 Å². The number of aryl methyl sites for hydroxylation is 1. The molecule has 0 radical (unpaired) electrons. The lowest BCUT2D eigenvalue weighted by atomic mass is 10.1. The van der Waals surface area contributed by atoms with Crippen LogP contribution in [-0.2, 0) is 11.2 Å². The van der Waals surface area contributed by atoms with Crippen LogP contribution in [0, 0.1) is 0 Å². The first-order valence-electron chi connectivity index (χ1n) is 7.31. The van der Waals surface area contributed by atoms with Gasteiger partial charge >= 0.3 is 0 Å². The predicted molar refractivity (Wildman–Crippen MR) is 91.8 cm³/mol. The van der Waals surface area contributed by atoms with Crippen LogP contribution in [0.3, 0.4) is 0 Å². The minimum Gasteiger partial charge on any atom is -0.326 e. The zero-order chi connectivity index (χ0) is 14.8. The van der Waals surface area contributed by atoms with Gasteiger partial charge in [-0.1, -0.05) is 48.5 Å². The number of para-hydroxylation sites is 1. The summed E-state index contributed by atoms with van der Waals surface area (Å²) in [7, 11) is 0. The van der Waals surface area contributed by atoms with Crippen molar-refractivity contribution in [2.45, 2.75) is 19.3 Å². The molecule has 0 saturated carbocycles. The lowest BCUT2D eigenvalue weighted by molar-refractivity contribution is -0.115. The van der Waals surface area contributed by atoms with Crippen molar-refractivity contribution >= 4 is 23.4 Å². The quantitative estimate of drug-likeness (QED) is 0.733. The van der Waals surface area contributed by atoms with E-state index in [9.17, 15) is 4.79 Å². The average Bonchev–Trinajstić information content (AvgIpc) is 2.53. The zero-order valence-corrected chi connectivity index (χ0v) is 12.9. The minimum atomic E-state index is 0.0942. The number of benzene rings is 2. The van der Waals surface area contributed by atoms with Gasteiger partial charge in [0.25, 0.3) is 0 Å². The van der Waals surface area contributed by atoms with E-state index in [1.165, 1.54) is 5.56 Å². The third-order valence-corrected chi connectivity index (χ3v) is 4.20. The van der Waals surface area contributed by atoms with Crippen LogP contribution >= 0.6 is 11.8 Å². The molecule has 0 heterocycles. The summed E-state index contributed by atoms with van der Waals surface area (Å²) in [6.45, 7) is 0. The highest BCUT2D eigenvalue weighted by molar-refractivity contribution is 7.99. The zero-order valence-electron chi connectivity index (χ0n) is 12.1. The number of anilines is 1. The van der Waals surface area contributed by atoms with Crippen LogP contribution in [0.4, 0.5) is 5.69 Å². The summed E-state index contributed by atoms with van der Waals surface area (Å²) in [5.41, 5.74) is 2.26. The molecule has 2 nitrogen and oxygen atoms in total. The average molecular weight is 299 g/mol. The van der Waals surface area contributed by atoms with Crippen molar-refractivity contribution < 1.29 is 4.79 Å². The Morgan fingerprint density at radius 1 is 0.905 bits per heavy atom. The number of amides is 1. The number of hydrogen-bond donors (Lipinski definition) is 1. The fourth-order valence-electron chi connectivity index (χ4n) is 2.03. The number of carbonyl (C=O) groups is 1. The molecule has 0 fully saturated rings. The maximum absolute atomic E-state index is 11.7. The van der Waals surface area contributed by atoms with Crippen molar-refractivity contribution in [3.63, 3.8) is 0 Å². The largest absolute Gasteiger partial charge is 0.326 e. The van der Waals surface area contributed by atoms with Gasteiger partial charge in [-0.25, -0.2) is 0 Å². The molecule has 0 aliphatic carbocycles. The van der Waals surface area contributed by atoms with Crippen LogP contribution in [0.5, 0.6) is 0 Å². The number of hydrogen-bond acceptors (Lipinski definition) is 2. The van der Waals surface area contributed by atoms with Gasteiger partial charge in [0.05, 0.1) is 0 Å². The summed E-state index contributed by atoms with van der Waals surface area (Å²) in [5, 5.41) is 2.91. The second-order valence-corrected chi connectivity index (χ2v) is 6.09. The van der Waals surface area contributed by atoms with Gasteiger partial charge in [-0.05, 0) is 36.3 Å². The molecule has 0 aliphatic rings. The first kappa shape index (κ1) is 15.6. The lowest BCUT2D eigenvalue weighted by Crippen LogP contribution is -2.12. The Bertz CT molecular complexity index is 527. The monoisotopic (exact) mass is 299 g/mol. The summed E-state index contributed by atoms with van der Waals surface area (Å²) >= 11 is 1.85. The van der Waals surface area contributed by atoms with E-state index in [0.29, 0.717) is 6.42 Å². The van der Waals surface area contributed by atoms with Crippen molar-refractivity contribution in [1.82, 2.24) is 0 Å². The molecule has 1 amide bonds. The normalized spacial score (nSPS) is 10.3. The molecule has 2 aromatic carbocycles. The van der Waals surface area contributed by atoms with Crippen molar-refractivity contribution in [3.8, 4) is 0 Å². The van der Waals surface area contributed by atoms with Crippen LogP contribution in [0.25, 0.3) is 0 Å². The van der Waals surface area contributed by atoms with E-state index in [2.05, 4.69) is 29.6 Å². The number of thioether (sulfide) groups is 1. The molecule has 3 heteroatoms. The van der Waals surface area contributed by atoms with Crippen LogP contribution < -0.4 is 5.32 Å². The molecule has 0 aromatic heterocycles. The molecule has 21 heavy (non-hydrogen) atoms. The van der Waals surface area contributed by atoms with E-state index in [0.717, 1.165) is 30.0 Å². The van der Waals surface area contributed by atoms with Gasteiger partial charge in [-0.15, -0.1) is 0 Å². The van der Waals surface area contributed by atoms with E-state index in [-0.39, 0.29) is 5.91 Å². The number of rotatable bonds is 8. The Morgan fingerprint density at radius 2 is 1.57 bits per heavy atom. The van der Waals surface area contributed by atoms with Gasteiger partial charge in [0.15, 0.2) is 0 Å². The van der Waals surface area contributed by atoms with E-state index in [1.807, 2.05) is 48.2 Å². The highest BCUT2D eigenvalue weighted by atomic mass is 32.2. The molecule has 0 bridgehead atoms. The van der Waals surface area contributed by atoms with Crippen LogP contribution in [-0.4, -0.2) is 17.4 Å². The van der Waals surface area contributed by atoms with Crippen molar-refractivity contribution in [3.05, 3.63) is 66.2 Å². The second-order valence-electron chi connectivity index (χ2n) is 4.87. The van der Waals surface area contributed by atoms with Crippen molar-refractivity contribution in [1.29, 1.82) is 0 Å². The summed E-state index contributed by atoms with van der Waals surface area (Å²) in [6.07, 6.45) is 2.85. The molecule has 0 aliphatic heterocycles. The molecule has 1 N–H and O–H groups in total. The topological polar surface area (TPSA) is 29.1 Å². The standard InChI is InChI=1S/C18H21NOS/c20-18(19-17-11-5-2-6-12-17)13-15-21-14-7-10-16-8-3-1-4-9-16/h1-6,8-9,11-12H,7,10,13-15H2,(H,19,20). The molecule has 110 valence electrons. The molecule has 2 aromatic rings. The van der Waals surface area contributed by atoms with E-state index in [4.69, 9.17) is 0 Å². The van der Waals surface area contributed by atoms with Crippen LogP contribution in [0.15, 0.2) is 60.7 Å². The Kier molecular flexibility index (Phi) is 6.89. The summed E-state index contributed by atoms with van der Waals surface area (Å²) in [6, 6.07) is 20.1. The Balaban J connectivity index is 1.52. The third-order valence-electron chi connectivity index (χ3n) is 3.13. The third kappa shape index (κ3) is 6.50. The molecule has 2 rings (SSSR count). The summed E-state index contributed by atoms with van der Waals surface area (Å²) in [4.78, 5) is 11.7. The Morgan fingerprint density at radius 3 is 2.29 bits per heavy atom. The van der Waals surface area contributed by atoms with Crippen molar-refractivity contribution in [2.75, 3.05) is 16.8 Å². The molecule has 0 atom stereocenters.